The molecule has 1 aliphatic carbocycles. The van der Waals surface area contributed by atoms with Crippen LogP contribution in [0.3, 0.4) is 0 Å². The van der Waals surface area contributed by atoms with Crippen molar-refractivity contribution in [3.63, 3.8) is 0 Å². The minimum Gasteiger partial charge on any atom is -0.423 e. The third-order valence-electron chi connectivity index (χ3n) is 5.70. The third-order valence-corrected chi connectivity index (χ3v) is 6.89. The number of thioether (sulfide) groups is 1. The van der Waals surface area contributed by atoms with Crippen molar-refractivity contribution in [3.8, 4) is 5.69 Å². The Morgan fingerprint density at radius 2 is 1.66 bits per heavy atom. The van der Waals surface area contributed by atoms with Crippen molar-refractivity contribution in [2.24, 2.45) is 5.92 Å². The van der Waals surface area contributed by atoms with E-state index in [1.54, 1.807) is 11.8 Å². The molecule has 0 unspecified atom stereocenters. The molecule has 0 radical (unpaired) electrons. The molecule has 0 saturated heterocycles. The molecule has 0 N–H and O–H groups in total. The zero-order valence-electron chi connectivity index (χ0n) is 16.2. The van der Waals surface area contributed by atoms with Gasteiger partial charge in [0.25, 0.3) is 0 Å². The molecular weight excluding hydrogens is 378 g/mol. The summed E-state index contributed by atoms with van der Waals surface area (Å²) in [4.78, 5) is 15.2. The predicted octanol–water partition coefficient (Wildman–Crippen LogP) is 6.53. The van der Waals surface area contributed by atoms with Gasteiger partial charge < -0.3 is 9.30 Å². The number of benzene rings is 2. The van der Waals surface area contributed by atoms with Crippen LogP contribution in [-0.2, 0) is 9.53 Å². The second-order valence-corrected chi connectivity index (χ2v) is 8.67. The van der Waals surface area contributed by atoms with Gasteiger partial charge >= 0.3 is 5.97 Å². The highest BCUT2D eigenvalue weighted by Crippen LogP contribution is 2.46. The Labute approximate surface area is 175 Å². The van der Waals surface area contributed by atoms with Crippen LogP contribution in [0.5, 0.6) is 0 Å². The number of esters is 1. The van der Waals surface area contributed by atoms with Gasteiger partial charge in [-0.2, -0.15) is 0 Å². The van der Waals surface area contributed by atoms with E-state index in [0.717, 1.165) is 52.4 Å². The quantitative estimate of drug-likeness (QED) is 0.467. The molecular formula is C25H23NO2S. The summed E-state index contributed by atoms with van der Waals surface area (Å²) < 4.78 is 8.32. The fraction of sp³-hybridized carbons (Fsp3) is 0.240. The van der Waals surface area contributed by atoms with Crippen LogP contribution in [0, 0.1) is 5.92 Å². The van der Waals surface area contributed by atoms with Gasteiger partial charge in [0.2, 0.25) is 0 Å². The van der Waals surface area contributed by atoms with Gasteiger partial charge in [-0.3, -0.25) is 4.79 Å². The van der Waals surface area contributed by atoms with E-state index < -0.39 is 0 Å². The lowest BCUT2D eigenvalue weighted by Crippen LogP contribution is -2.20. The molecule has 0 spiro atoms. The van der Waals surface area contributed by atoms with Crippen LogP contribution >= 0.6 is 11.8 Å². The highest BCUT2D eigenvalue weighted by molar-refractivity contribution is 8.08. The molecule has 1 aromatic heterocycles. The average Bonchev–Trinajstić information content (AvgIpc) is 3.22. The van der Waals surface area contributed by atoms with Crippen molar-refractivity contribution in [1.29, 1.82) is 0 Å². The topological polar surface area (TPSA) is 31.2 Å². The number of rotatable bonds is 3. The number of fused-ring (bicyclic) bond motifs is 3. The Kier molecular flexibility index (Phi) is 5.03. The van der Waals surface area contributed by atoms with E-state index in [4.69, 9.17) is 4.74 Å². The van der Waals surface area contributed by atoms with Crippen molar-refractivity contribution in [1.82, 2.24) is 4.57 Å². The van der Waals surface area contributed by atoms with Gasteiger partial charge in [-0.05, 0) is 42.7 Å². The van der Waals surface area contributed by atoms with Crippen LogP contribution in [0.4, 0.5) is 0 Å². The molecule has 1 saturated carbocycles. The van der Waals surface area contributed by atoms with Gasteiger partial charge in [-0.1, -0.05) is 73.5 Å². The maximum atomic E-state index is 13.1. The minimum absolute atomic E-state index is 0.00677. The second kappa shape index (κ2) is 7.96. The maximum Gasteiger partial charge on any atom is 0.314 e. The average molecular weight is 402 g/mol. The lowest BCUT2D eigenvalue weighted by molar-refractivity contribution is -0.142. The monoisotopic (exact) mass is 401 g/mol. The van der Waals surface area contributed by atoms with Gasteiger partial charge in [0.05, 0.1) is 22.2 Å². The fourth-order valence-electron chi connectivity index (χ4n) is 4.19. The first-order valence-corrected chi connectivity index (χ1v) is 11.1. The lowest BCUT2D eigenvalue weighted by Gasteiger charge is -2.21. The predicted molar refractivity (Wildman–Crippen MR) is 118 cm³/mol. The normalized spacial score (nSPS) is 16.7. The van der Waals surface area contributed by atoms with Crippen molar-refractivity contribution in [2.45, 2.75) is 37.0 Å². The summed E-state index contributed by atoms with van der Waals surface area (Å²) in [5, 5.41) is 0. The summed E-state index contributed by atoms with van der Waals surface area (Å²) >= 11 is 1.67. The van der Waals surface area contributed by atoms with Crippen LogP contribution in [0.15, 0.2) is 77.8 Å². The van der Waals surface area contributed by atoms with Crippen molar-refractivity contribution in [3.05, 3.63) is 84.2 Å². The molecule has 1 fully saturated rings. The fourth-order valence-corrected chi connectivity index (χ4v) is 5.32. The van der Waals surface area contributed by atoms with Crippen LogP contribution in [0.2, 0.25) is 0 Å². The number of hydrogen-bond donors (Lipinski definition) is 0. The number of para-hydroxylation sites is 1. The standard InChI is InChI=1S/C25H23NO2S/c27-25(19-12-5-2-6-13-19)28-23-21-15-9-17-26(21)20-14-7-8-16-22(20)29-24(23)18-10-3-1-4-11-18/h1,3-4,7-11,14-17,19H,2,5-6,12-13H2. The van der Waals surface area contributed by atoms with Gasteiger partial charge in [0, 0.05) is 11.1 Å². The number of carbonyl (C=O) groups excluding carboxylic acids is 1. The van der Waals surface area contributed by atoms with E-state index in [9.17, 15) is 4.79 Å². The largest absolute Gasteiger partial charge is 0.423 e. The Morgan fingerprint density at radius 3 is 2.48 bits per heavy atom. The molecule has 29 heavy (non-hydrogen) atoms. The highest BCUT2D eigenvalue weighted by Gasteiger charge is 2.29. The first-order valence-electron chi connectivity index (χ1n) is 10.3. The second-order valence-electron chi connectivity index (χ2n) is 7.61. The Balaban J connectivity index is 1.64. The van der Waals surface area contributed by atoms with E-state index in [2.05, 4.69) is 34.9 Å². The van der Waals surface area contributed by atoms with Gasteiger partial charge in [-0.25, -0.2) is 0 Å². The molecule has 146 valence electrons. The Morgan fingerprint density at radius 1 is 0.897 bits per heavy atom. The van der Waals surface area contributed by atoms with Gasteiger partial charge in [0.15, 0.2) is 5.76 Å². The number of hydrogen-bond acceptors (Lipinski definition) is 3. The van der Waals surface area contributed by atoms with Crippen LogP contribution in [0.25, 0.3) is 16.4 Å². The molecule has 0 bridgehead atoms. The van der Waals surface area contributed by atoms with E-state index in [-0.39, 0.29) is 11.9 Å². The molecule has 1 aliphatic heterocycles. The highest BCUT2D eigenvalue weighted by atomic mass is 32.2. The van der Waals surface area contributed by atoms with E-state index in [1.807, 2.05) is 42.6 Å². The summed E-state index contributed by atoms with van der Waals surface area (Å²) in [5.41, 5.74) is 3.09. The molecule has 2 heterocycles. The number of nitrogens with zero attached hydrogens (tertiary/aromatic N) is 1. The van der Waals surface area contributed by atoms with E-state index in [0.29, 0.717) is 5.76 Å². The summed E-state index contributed by atoms with van der Waals surface area (Å²) in [6, 6.07) is 22.6. The minimum atomic E-state index is -0.0903. The van der Waals surface area contributed by atoms with Crippen LogP contribution in [0.1, 0.15) is 43.4 Å². The molecule has 4 heteroatoms. The first kappa shape index (κ1) is 18.3. The number of aromatic nitrogens is 1. The third kappa shape index (κ3) is 3.53. The molecule has 0 atom stereocenters. The molecule has 2 aliphatic rings. The van der Waals surface area contributed by atoms with Gasteiger partial charge in [0.1, 0.15) is 0 Å². The summed E-state index contributed by atoms with van der Waals surface area (Å²) in [5.74, 6) is 0.581. The van der Waals surface area contributed by atoms with Gasteiger partial charge in [-0.15, -0.1) is 0 Å². The molecule has 3 aromatic rings. The zero-order valence-corrected chi connectivity index (χ0v) is 17.0. The van der Waals surface area contributed by atoms with E-state index in [1.165, 1.54) is 6.42 Å². The van der Waals surface area contributed by atoms with Crippen LogP contribution in [-0.4, -0.2) is 10.5 Å². The smallest absolute Gasteiger partial charge is 0.314 e. The lowest BCUT2D eigenvalue weighted by atomic mass is 9.89. The molecule has 0 amide bonds. The summed E-state index contributed by atoms with van der Waals surface area (Å²) in [6.45, 7) is 0. The molecule has 2 aromatic carbocycles. The number of carbonyl (C=O) groups is 1. The Hall–Kier alpha value is -2.72. The Bertz CT molecular complexity index is 1060. The van der Waals surface area contributed by atoms with E-state index >= 15 is 0 Å². The maximum absolute atomic E-state index is 13.1. The number of ether oxygens (including phenoxy) is 1. The van der Waals surface area contributed by atoms with Crippen molar-refractivity contribution >= 4 is 28.4 Å². The summed E-state index contributed by atoms with van der Waals surface area (Å²) in [6.07, 6.45) is 7.34. The molecule has 3 nitrogen and oxygen atoms in total. The van der Waals surface area contributed by atoms with Crippen molar-refractivity contribution in [2.75, 3.05) is 0 Å². The zero-order chi connectivity index (χ0) is 19.6. The van der Waals surface area contributed by atoms with Crippen molar-refractivity contribution < 1.29 is 9.53 Å². The summed E-state index contributed by atoms with van der Waals surface area (Å²) in [7, 11) is 0. The SMILES string of the molecule is O=C(OC1=C(c2ccccc2)Sc2ccccc2-n2cccc21)C1CCCCC1. The first-order chi connectivity index (χ1) is 14.3. The van der Waals surface area contributed by atoms with Crippen LogP contribution < -0.4 is 0 Å². The molecule has 5 rings (SSSR count).